The zero-order valence-electron chi connectivity index (χ0n) is 16.0. The molecular weight excluding hydrogens is 354 g/mol. The Labute approximate surface area is 163 Å². The first-order valence-electron chi connectivity index (χ1n) is 9.46. The second kappa shape index (κ2) is 7.46. The quantitative estimate of drug-likeness (QED) is 0.656. The van der Waals surface area contributed by atoms with Gasteiger partial charge < -0.3 is 14.2 Å². The summed E-state index contributed by atoms with van der Waals surface area (Å²) in [5.74, 6) is -0.470. The van der Waals surface area contributed by atoms with Gasteiger partial charge in [0.2, 0.25) is 0 Å². The van der Waals surface area contributed by atoms with Gasteiger partial charge in [0.25, 0.3) is 5.91 Å². The molecule has 0 N–H and O–H groups in total. The monoisotopic (exact) mass is 377 g/mol. The molecule has 0 radical (unpaired) electrons. The Hall–Kier alpha value is -3.15. The molecule has 4 rings (SSSR count). The van der Waals surface area contributed by atoms with E-state index < -0.39 is 12.1 Å². The van der Waals surface area contributed by atoms with Crippen LogP contribution in [0.1, 0.15) is 30.0 Å². The average Bonchev–Trinajstić information content (AvgIpc) is 3.36. The number of carbonyl (C=O) groups is 2. The predicted octanol–water partition coefficient (Wildman–Crippen LogP) is 3.10. The van der Waals surface area contributed by atoms with Crippen molar-refractivity contribution in [2.24, 2.45) is 0 Å². The predicted molar refractivity (Wildman–Crippen MR) is 106 cm³/mol. The number of hydrogen-bond acceptors (Lipinski definition) is 4. The lowest BCUT2D eigenvalue weighted by Gasteiger charge is -2.28. The zero-order chi connectivity index (χ0) is 19.7. The number of aryl methyl sites for hydroxylation is 1. The molecule has 1 amide bonds. The molecule has 0 aliphatic carbocycles. The number of nitrogens with zero attached hydrogens (tertiary/aromatic N) is 3. The Balaban J connectivity index is 1.80. The third kappa shape index (κ3) is 3.15. The van der Waals surface area contributed by atoms with Crippen molar-refractivity contribution in [3.05, 3.63) is 66.0 Å². The number of esters is 1. The second-order valence-corrected chi connectivity index (χ2v) is 7.17. The van der Waals surface area contributed by atoms with Gasteiger partial charge in [0.05, 0.1) is 24.5 Å². The molecule has 6 heteroatoms. The third-order valence-electron chi connectivity index (χ3n) is 5.37. The Kier molecular flexibility index (Phi) is 4.86. The highest BCUT2D eigenvalue weighted by atomic mass is 16.5. The lowest BCUT2D eigenvalue weighted by Crippen LogP contribution is -2.44. The Morgan fingerprint density at radius 1 is 1.18 bits per heavy atom. The molecule has 1 aromatic heterocycles. The fraction of sp³-hybridized carbons (Fsp3) is 0.318. The molecule has 3 aromatic rings. The summed E-state index contributed by atoms with van der Waals surface area (Å²) in [7, 11) is 1.36. The van der Waals surface area contributed by atoms with Crippen LogP contribution in [-0.4, -0.2) is 46.0 Å². The number of imidazole rings is 1. The summed E-state index contributed by atoms with van der Waals surface area (Å²) < 4.78 is 6.82. The number of carbonyl (C=O) groups excluding carboxylic acids is 2. The summed E-state index contributed by atoms with van der Waals surface area (Å²) in [5.41, 5.74) is 3.72. The number of benzene rings is 2. The molecular formula is C22H23N3O3. The number of ether oxygens (including phenoxy) is 1. The third-order valence-corrected chi connectivity index (χ3v) is 5.37. The van der Waals surface area contributed by atoms with E-state index in [2.05, 4.69) is 4.98 Å². The van der Waals surface area contributed by atoms with Crippen LogP contribution in [0.2, 0.25) is 0 Å². The number of amides is 1. The first kappa shape index (κ1) is 18.2. The van der Waals surface area contributed by atoms with Gasteiger partial charge in [0, 0.05) is 6.54 Å². The Morgan fingerprint density at radius 3 is 2.71 bits per heavy atom. The molecule has 1 aliphatic heterocycles. The molecule has 0 saturated carbocycles. The minimum absolute atomic E-state index is 0.112. The van der Waals surface area contributed by atoms with Gasteiger partial charge in [0.15, 0.2) is 0 Å². The summed E-state index contributed by atoms with van der Waals surface area (Å²) in [6.07, 6.45) is 3.13. The summed E-state index contributed by atoms with van der Waals surface area (Å²) in [5, 5.41) is 0. The van der Waals surface area contributed by atoms with Crippen molar-refractivity contribution in [2.45, 2.75) is 31.8 Å². The van der Waals surface area contributed by atoms with Crippen molar-refractivity contribution in [2.75, 3.05) is 13.7 Å². The van der Waals surface area contributed by atoms with Gasteiger partial charge in [-0.2, -0.15) is 0 Å². The minimum Gasteiger partial charge on any atom is -0.467 e. The molecule has 2 aromatic carbocycles. The van der Waals surface area contributed by atoms with Gasteiger partial charge in [-0.3, -0.25) is 4.79 Å². The number of fused-ring (bicyclic) bond motifs is 1. The fourth-order valence-corrected chi connectivity index (χ4v) is 3.97. The van der Waals surface area contributed by atoms with Gasteiger partial charge in [-0.25, -0.2) is 9.78 Å². The normalized spacial score (nSPS) is 17.6. The fourth-order valence-electron chi connectivity index (χ4n) is 3.97. The van der Waals surface area contributed by atoms with E-state index in [4.69, 9.17) is 4.74 Å². The van der Waals surface area contributed by atoms with E-state index in [0.717, 1.165) is 28.6 Å². The largest absolute Gasteiger partial charge is 0.467 e. The lowest BCUT2D eigenvalue weighted by molar-refractivity contribution is -0.151. The zero-order valence-corrected chi connectivity index (χ0v) is 16.0. The maximum Gasteiger partial charge on any atom is 0.328 e. The molecule has 1 fully saturated rings. The Bertz CT molecular complexity index is 1010. The van der Waals surface area contributed by atoms with Crippen molar-refractivity contribution < 1.29 is 14.3 Å². The summed E-state index contributed by atoms with van der Waals surface area (Å²) in [6.45, 7) is 2.57. The van der Waals surface area contributed by atoms with Crippen molar-refractivity contribution in [1.29, 1.82) is 0 Å². The maximum atomic E-state index is 13.7. The molecule has 1 aliphatic rings. The van der Waals surface area contributed by atoms with Crippen LogP contribution in [0.25, 0.3) is 11.0 Å². The topological polar surface area (TPSA) is 64.4 Å². The van der Waals surface area contributed by atoms with Gasteiger partial charge in [-0.1, -0.05) is 36.4 Å². The van der Waals surface area contributed by atoms with E-state index in [1.165, 1.54) is 7.11 Å². The minimum atomic E-state index is -0.584. The van der Waals surface area contributed by atoms with Crippen molar-refractivity contribution in [3.63, 3.8) is 0 Å². The van der Waals surface area contributed by atoms with Crippen LogP contribution < -0.4 is 0 Å². The summed E-state index contributed by atoms with van der Waals surface area (Å²) >= 11 is 0. The van der Waals surface area contributed by atoms with E-state index in [-0.39, 0.29) is 11.9 Å². The van der Waals surface area contributed by atoms with Crippen molar-refractivity contribution in [1.82, 2.24) is 14.5 Å². The van der Waals surface area contributed by atoms with Gasteiger partial charge >= 0.3 is 5.97 Å². The molecule has 144 valence electrons. The molecule has 2 heterocycles. The molecule has 28 heavy (non-hydrogen) atoms. The number of likely N-dealkylation sites (tertiary alicyclic amines) is 1. The lowest BCUT2D eigenvalue weighted by atomic mass is 10.0. The van der Waals surface area contributed by atoms with Crippen molar-refractivity contribution >= 4 is 22.9 Å². The van der Waals surface area contributed by atoms with Crippen LogP contribution in [0.3, 0.4) is 0 Å². The number of rotatable bonds is 4. The number of methoxy groups -OCH3 is 1. The van der Waals surface area contributed by atoms with E-state index in [0.29, 0.717) is 13.0 Å². The molecule has 0 bridgehead atoms. The van der Waals surface area contributed by atoms with Crippen LogP contribution >= 0.6 is 0 Å². The molecule has 2 atom stereocenters. The smallest absolute Gasteiger partial charge is 0.328 e. The van der Waals surface area contributed by atoms with E-state index in [9.17, 15) is 9.59 Å². The molecule has 0 spiro atoms. The number of aromatic nitrogens is 2. The highest BCUT2D eigenvalue weighted by Crippen LogP contribution is 2.29. The molecule has 6 nitrogen and oxygen atoms in total. The maximum absolute atomic E-state index is 13.7. The van der Waals surface area contributed by atoms with E-state index >= 15 is 0 Å². The highest BCUT2D eigenvalue weighted by molar-refractivity contribution is 5.90. The van der Waals surface area contributed by atoms with Crippen LogP contribution in [-0.2, 0) is 14.3 Å². The van der Waals surface area contributed by atoms with Crippen molar-refractivity contribution in [3.8, 4) is 0 Å². The van der Waals surface area contributed by atoms with Gasteiger partial charge in [-0.15, -0.1) is 0 Å². The van der Waals surface area contributed by atoms with E-state index in [1.807, 2.05) is 60.0 Å². The number of hydrogen-bond donors (Lipinski definition) is 0. The van der Waals surface area contributed by atoms with Crippen LogP contribution in [0.4, 0.5) is 0 Å². The average molecular weight is 377 g/mol. The van der Waals surface area contributed by atoms with Gasteiger partial charge in [-0.05, 0) is 43.0 Å². The molecule has 2 unspecified atom stereocenters. The van der Waals surface area contributed by atoms with Crippen LogP contribution in [0.5, 0.6) is 0 Å². The first-order chi connectivity index (χ1) is 13.6. The molecule has 1 saturated heterocycles. The SMILES string of the molecule is COC(=O)C1CCCN1C(=O)C(c1ccccc1)n1cnc2cc(C)ccc21. The second-order valence-electron chi connectivity index (χ2n) is 7.17. The van der Waals surface area contributed by atoms with Crippen LogP contribution in [0.15, 0.2) is 54.9 Å². The van der Waals surface area contributed by atoms with Crippen LogP contribution in [0, 0.1) is 6.92 Å². The summed E-state index contributed by atoms with van der Waals surface area (Å²) in [6, 6.07) is 14.5. The standard InChI is InChI=1S/C22H23N3O3/c1-15-10-11-18-17(13-15)23-14-25(18)20(16-7-4-3-5-8-16)21(26)24-12-6-9-19(24)22(27)28-2/h3-5,7-8,10-11,13-14,19-20H,6,9,12H2,1-2H3. The Morgan fingerprint density at radius 2 is 1.96 bits per heavy atom. The first-order valence-corrected chi connectivity index (χ1v) is 9.46. The summed E-state index contributed by atoms with van der Waals surface area (Å²) in [4.78, 5) is 32.0. The van der Waals surface area contributed by atoms with E-state index in [1.54, 1.807) is 11.2 Å². The van der Waals surface area contributed by atoms with Gasteiger partial charge in [0.1, 0.15) is 12.1 Å². The highest BCUT2D eigenvalue weighted by Gasteiger charge is 2.39.